The van der Waals surface area contributed by atoms with Gasteiger partial charge < -0.3 is 4.98 Å². The molecule has 0 amide bonds. The third kappa shape index (κ3) is 1.83. The summed E-state index contributed by atoms with van der Waals surface area (Å²) in [6, 6.07) is 5.81. The number of nitrogens with two attached hydrogens (primary N) is 1. The van der Waals surface area contributed by atoms with Crippen molar-refractivity contribution >= 4 is 22.9 Å². The molecule has 2 heterocycles. The molecule has 0 spiro atoms. The maximum absolute atomic E-state index is 5.86. The van der Waals surface area contributed by atoms with E-state index >= 15 is 0 Å². The first-order valence-electron chi connectivity index (χ1n) is 4.14. The molecule has 0 aliphatic heterocycles. The molecule has 0 radical (unpaired) electrons. The lowest BCUT2D eigenvalue weighted by Crippen LogP contribution is -2.28. The summed E-state index contributed by atoms with van der Waals surface area (Å²) in [5, 5.41) is 1.99. The Morgan fingerprint density at radius 2 is 2.43 bits per heavy atom. The van der Waals surface area contributed by atoms with Crippen LogP contribution in [-0.2, 0) is 0 Å². The number of aromatic nitrogens is 1. The van der Waals surface area contributed by atoms with Crippen LogP contribution in [0, 0.1) is 0 Å². The third-order valence-electron chi connectivity index (χ3n) is 2.02. The fourth-order valence-electron chi connectivity index (χ4n) is 1.36. The Hall–Kier alpha value is -0.810. The molecule has 14 heavy (non-hydrogen) atoms. The van der Waals surface area contributed by atoms with Crippen LogP contribution in [-0.4, -0.2) is 4.98 Å². The first-order chi connectivity index (χ1) is 6.81. The van der Waals surface area contributed by atoms with E-state index in [0.717, 1.165) is 15.6 Å². The molecule has 2 rings (SSSR count). The Morgan fingerprint density at radius 1 is 1.57 bits per heavy atom. The third-order valence-corrected chi connectivity index (χ3v) is 3.13. The van der Waals surface area contributed by atoms with Gasteiger partial charge in [-0.25, -0.2) is 5.43 Å². The molecular weight excluding hydrogens is 218 g/mol. The fourth-order valence-corrected chi connectivity index (χ4v) is 2.28. The highest BCUT2D eigenvalue weighted by Crippen LogP contribution is 2.27. The zero-order valence-corrected chi connectivity index (χ0v) is 8.90. The van der Waals surface area contributed by atoms with E-state index in [0.29, 0.717) is 0 Å². The van der Waals surface area contributed by atoms with E-state index < -0.39 is 0 Å². The van der Waals surface area contributed by atoms with Crippen LogP contribution in [0.1, 0.15) is 17.3 Å². The molecule has 0 aliphatic carbocycles. The summed E-state index contributed by atoms with van der Waals surface area (Å²) >= 11 is 7.36. The van der Waals surface area contributed by atoms with Gasteiger partial charge in [0.2, 0.25) is 0 Å². The van der Waals surface area contributed by atoms with Gasteiger partial charge in [0.25, 0.3) is 0 Å². The van der Waals surface area contributed by atoms with Gasteiger partial charge in [-0.2, -0.15) is 0 Å². The van der Waals surface area contributed by atoms with Crippen LogP contribution in [0.2, 0.25) is 4.34 Å². The summed E-state index contributed by atoms with van der Waals surface area (Å²) in [7, 11) is 0. The molecule has 5 heteroatoms. The van der Waals surface area contributed by atoms with E-state index in [1.54, 1.807) is 0 Å². The minimum Gasteiger partial charge on any atom is -0.363 e. The zero-order valence-electron chi connectivity index (χ0n) is 7.33. The number of hydrogen-bond donors (Lipinski definition) is 3. The van der Waals surface area contributed by atoms with E-state index in [9.17, 15) is 0 Å². The molecule has 4 N–H and O–H groups in total. The summed E-state index contributed by atoms with van der Waals surface area (Å²) in [5.74, 6) is 5.50. The van der Waals surface area contributed by atoms with Gasteiger partial charge in [-0.15, -0.1) is 11.3 Å². The van der Waals surface area contributed by atoms with E-state index in [-0.39, 0.29) is 6.04 Å². The quantitative estimate of drug-likeness (QED) is 0.557. The molecule has 0 fully saturated rings. The molecule has 3 nitrogen and oxygen atoms in total. The van der Waals surface area contributed by atoms with Crippen molar-refractivity contribution in [2.75, 3.05) is 0 Å². The van der Waals surface area contributed by atoms with Gasteiger partial charge in [0.05, 0.1) is 10.4 Å². The van der Waals surface area contributed by atoms with Gasteiger partial charge in [-0.05, 0) is 29.1 Å². The lowest BCUT2D eigenvalue weighted by atomic mass is 10.1. The van der Waals surface area contributed by atoms with Gasteiger partial charge in [-0.3, -0.25) is 5.84 Å². The molecule has 0 aliphatic rings. The molecule has 2 aromatic heterocycles. The van der Waals surface area contributed by atoms with E-state index in [4.69, 9.17) is 17.4 Å². The predicted molar refractivity (Wildman–Crippen MR) is 59.3 cm³/mol. The second-order valence-corrected chi connectivity index (χ2v) is 4.45. The molecule has 2 aromatic rings. The zero-order chi connectivity index (χ0) is 9.97. The molecule has 0 saturated heterocycles. The molecule has 0 saturated carbocycles. The Balaban J connectivity index is 2.31. The summed E-state index contributed by atoms with van der Waals surface area (Å²) < 4.78 is 0.770. The van der Waals surface area contributed by atoms with Crippen molar-refractivity contribution in [3.63, 3.8) is 0 Å². The average molecular weight is 228 g/mol. The maximum atomic E-state index is 5.86. The van der Waals surface area contributed by atoms with Crippen LogP contribution >= 0.6 is 22.9 Å². The number of halogens is 1. The highest BCUT2D eigenvalue weighted by molar-refractivity contribution is 7.14. The predicted octanol–water partition coefficient (Wildman–Crippen LogP) is 2.28. The molecule has 1 unspecified atom stereocenters. The van der Waals surface area contributed by atoms with Crippen molar-refractivity contribution < 1.29 is 0 Å². The Bertz CT molecular complexity index is 396. The molecule has 74 valence electrons. The normalized spacial score (nSPS) is 13.0. The lowest BCUT2D eigenvalue weighted by molar-refractivity contribution is 0.626. The SMILES string of the molecule is NNC(c1csc(Cl)c1)c1ccc[nH]1. The van der Waals surface area contributed by atoms with Gasteiger partial charge in [0, 0.05) is 11.9 Å². The standard InChI is InChI=1S/C9H10ClN3S/c10-8-4-6(5-14-8)9(13-11)7-2-1-3-12-7/h1-5,9,12-13H,11H2. The summed E-state index contributed by atoms with van der Waals surface area (Å²) in [4.78, 5) is 3.11. The van der Waals surface area contributed by atoms with Crippen LogP contribution in [0.15, 0.2) is 29.8 Å². The van der Waals surface area contributed by atoms with Crippen molar-refractivity contribution in [3.8, 4) is 0 Å². The number of aromatic amines is 1. The van der Waals surface area contributed by atoms with Crippen molar-refractivity contribution in [1.29, 1.82) is 0 Å². The first kappa shape index (κ1) is 9.73. The van der Waals surface area contributed by atoms with E-state index in [2.05, 4.69) is 10.4 Å². The molecular formula is C9H10ClN3S. The van der Waals surface area contributed by atoms with Gasteiger partial charge >= 0.3 is 0 Å². The smallest absolute Gasteiger partial charge is 0.0931 e. The minimum atomic E-state index is -0.0197. The van der Waals surface area contributed by atoms with E-state index in [1.165, 1.54) is 11.3 Å². The lowest BCUT2D eigenvalue weighted by Gasteiger charge is -2.12. The van der Waals surface area contributed by atoms with Crippen molar-refractivity contribution in [1.82, 2.24) is 10.4 Å². The number of rotatable bonds is 3. The number of thiophene rings is 1. The van der Waals surface area contributed by atoms with Gasteiger partial charge in [0.15, 0.2) is 0 Å². The summed E-state index contributed by atoms with van der Waals surface area (Å²) in [6.45, 7) is 0. The second kappa shape index (κ2) is 4.14. The number of hydrogen-bond acceptors (Lipinski definition) is 3. The molecule has 0 bridgehead atoms. The summed E-state index contributed by atoms with van der Waals surface area (Å²) in [6.07, 6.45) is 1.87. The highest BCUT2D eigenvalue weighted by atomic mass is 35.5. The molecule has 1 atom stereocenters. The van der Waals surface area contributed by atoms with Crippen LogP contribution in [0.4, 0.5) is 0 Å². The van der Waals surface area contributed by atoms with Crippen molar-refractivity contribution in [2.24, 2.45) is 5.84 Å². The Kier molecular flexibility index (Phi) is 2.88. The van der Waals surface area contributed by atoms with Crippen LogP contribution in [0.5, 0.6) is 0 Å². The minimum absolute atomic E-state index is 0.0197. The van der Waals surface area contributed by atoms with Gasteiger partial charge in [-0.1, -0.05) is 11.6 Å². The Labute approximate surface area is 90.9 Å². The monoisotopic (exact) mass is 227 g/mol. The van der Waals surface area contributed by atoms with Gasteiger partial charge in [0.1, 0.15) is 0 Å². The molecule has 0 aromatic carbocycles. The van der Waals surface area contributed by atoms with Crippen LogP contribution in [0.3, 0.4) is 0 Å². The topological polar surface area (TPSA) is 53.8 Å². The number of nitrogens with one attached hydrogen (secondary N) is 2. The van der Waals surface area contributed by atoms with Crippen molar-refractivity contribution in [3.05, 3.63) is 45.4 Å². The van der Waals surface area contributed by atoms with E-state index in [1.807, 2.05) is 29.8 Å². The summed E-state index contributed by atoms with van der Waals surface area (Å²) in [5.41, 5.74) is 4.85. The highest BCUT2D eigenvalue weighted by Gasteiger charge is 2.14. The second-order valence-electron chi connectivity index (χ2n) is 2.91. The Morgan fingerprint density at radius 3 is 2.93 bits per heavy atom. The van der Waals surface area contributed by atoms with Crippen LogP contribution < -0.4 is 11.3 Å². The first-order valence-corrected chi connectivity index (χ1v) is 5.40. The van der Waals surface area contributed by atoms with Crippen molar-refractivity contribution in [2.45, 2.75) is 6.04 Å². The number of hydrazine groups is 1. The average Bonchev–Trinajstić information content (AvgIpc) is 2.79. The van der Waals surface area contributed by atoms with Crippen LogP contribution in [0.25, 0.3) is 0 Å². The maximum Gasteiger partial charge on any atom is 0.0931 e. The fraction of sp³-hybridized carbons (Fsp3) is 0.111. The number of H-pyrrole nitrogens is 1. The largest absolute Gasteiger partial charge is 0.363 e.